The largest absolute Gasteiger partial charge is 0.396 e. The maximum Gasteiger partial charge on any atom is 0.254 e. The first-order valence-corrected chi connectivity index (χ1v) is 5.94. The van der Waals surface area contributed by atoms with Gasteiger partial charge in [0, 0.05) is 11.6 Å². The number of amides is 2. The van der Waals surface area contributed by atoms with Crippen molar-refractivity contribution < 1.29 is 18.4 Å². The SMILES string of the molecule is CC(C)(C)NC(=O)CNC(=O)c1cc(N)c(F)cc1F. The van der Waals surface area contributed by atoms with Crippen LogP contribution in [0.4, 0.5) is 14.5 Å². The monoisotopic (exact) mass is 285 g/mol. The summed E-state index contributed by atoms with van der Waals surface area (Å²) in [5.41, 5.74) is 4.08. The first-order valence-electron chi connectivity index (χ1n) is 5.94. The Labute approximate surface area is 115 Å². The lowest BCUT2D eigenvalue weighted by molar-refractivity contribution is -0.121. The molecule has 1 aromatic rings. The number of nitrogen functional groups attached to an aromatic ring is 1. The van der Waals surface area contributed by atoms with Crippen LogP contribution in [0.1, 0.15) is 31.1 Å². The fourth-order valence-corrected chi connectivity index (χ4v) is 1.46. The summed E-state index contributed by atoms with van der Waals surface area (Å²) in [5.74, 6) is -3.23. The van der Waals surface area contributed by atoms with Crippen molar-refractivity contribution in [2.24, 2.45) is 0 Å². The molecule has 0 heterocycles. The predicted molar refractivity (Wildman–Crippen MR) is 71.0 cm³/mol. The van der Waals surface area contributed by atoms with E-state index in [9.17, 15) is 18.4 Å². The number of hydrogen-bond donors (Lipinski definition) is 3. The average Bonchev–Trinajstić information content (AvgIpc) is 2.28. The summed E-state index contributed by atoms with van der Waals surface area (Å²) < 4.78 is 26.4. The van der Waals surface area contributed by atoms with E-state index < -0.39 is 34.6 Å². The molecule has 1 aromatic carbocycles. The minimum atomic E-state index is -1.04. The molecule has 0 spiro atoms. The second kappa shape index (κ2) is 5.85. The molecule has 0 aliphatic heterocycles. The van der Waals surface area contributed by atoms with Crippen LogP contribution in [0, 0.1) is 11.6 Å². The quantitative estimate of drug-likeness (QED) is 0.729. The van der Waals surface area contributed by atoms with E-state index in [-0.39, 0.29) is 12.2 Å². The Morgan fingerprint density at radius 1 is 1.20 bits per heavy atom. The smallest absolute Gasteiger partial charge is 0.254 e. The van der Waals surface area contributed by atoms with Gasteiger partial charge in [-0.1, -0.05) is 0 Å². The Balaban J connectivity index is 2.69. The lowest BCUT2D eigenvalue weighted by Crippen LogP contribution is -2.45. The molecule has 0 fully saturated rings. The van der Waals surface area contributed by atoms with Crippen LogP contribution in [-0.4, -0.2) is 23.9 Å². The van der Waals surface area contributed by atoms with Gasteiger partial charge in [-0.25, -0.2) is 8.78 Å². The highest BCUT2D eigenvalue weighted by atomic mass is 19.1. The molecule has 7 heteroatoms. The Kier molecular flexibility index (Phi) is 4.65. The van der Waals surface area contributed by atoms with E-state index in [1.807, 2.05) is 0 Å². The zero-order chi connectivity index (χ0) is 15.5. The summed E-state index contributed by atoms with van der Waals surface area (Å²) in [6.45, 7) is 5.04. The lowest BCUT2D eigenvalue weighted by Gasteiger charge is -2.20. The van der Waals surface area contributed by atoms with Gasteiger partial charge in [-0.2, -0.15) is 0 Å². The second-order valence-corrected chi connectivity index (χ2v) is 5.33. The van der Waals surface area contributed by atoms with Crippen LogP contribution in [0.15, 0.2) is 12.1 Å². The summed E-state index contributed by atoms with van der Waals surface area (Å²) in [6, 6.07) is 1.42. The van der Waals surface area contributed by atoms with Crippen LogP contribution in [0.25, 0.3) is 0 Å². The summed E-state index contributed by atoms with van der Waals surface area (Å²) in [7, 11) is 0. The van der Waals surface area contributed by atoms with Gasteiger partial charge in [-0.05, 0) is 26.8 Å². The second-order valence-electron chi connectivity index (χ2n) is 5.33. The molecule has 20 heavy (non-hydrogen) atoms. The Hall–Kier alpha value is -2.18. The van der Waals surface area contributed by atoms with E-state index in [2.05, 4.69) is 10.6 Å². The standard InChI is InChI=1S/C13H17F2N3O2/c1-13(2,3)18-11(19)6-17-12(20)7-4-10(16)9(15)5-8(7)14/h4-5H,6,16H2,1-3H3,(H,17,20)(H,18,19). The van der Waals surface area contributed by atoms with Gasteiger partial charge in [-0.15, -0.1) is 0 Å². The highest BCUT2D eigenvalue weighted by molar-refractivity contribution is 5.97. The van der Waals surface area contributed by atoms with E-state index in [1.165, 1.54) is 0 Å². The third kappa shape index (κ3) is 4.49. The third-order valence-corrected chi connectivity index (χ3v) is 2.25. The molecule has 4 N–H and O–H groups in total. The number of nitrogens with one attached hydrogen (secondary N) is 2. The summed E-state index contributed by atoms with van der Waals surface area (Å²) in [6.07, 6.45) is 0. The fourth-order valence-electron chi connectivity index (χ4n) is 1.46. The lowest BCUT2D eigenvalue weighted by atomic mass is 10.1. The number of carbonyl (C=O) groups excluding carboxylic acids is 2. The average molecular weight is 285 g/mol. The van der Waals surface area contributed by atoms with Gasteiger partial charge in [0.15, 0.2) is 0 Å². The van der Waals surface area contributed by atoms with Crippen molar-refractivity contribution in [1.82, 2.24) is 10.6 Å². The molecule has 0 saturated heterocycles. The molecule has 110 valence electrons. The molecule has 0 aliphatic carbocycles. The molecule has 0 unspecified atom stereocenters. The summed E-state index contributed by atoms with van der Waals surface area (Å²) in [4.78, 5) is 23.2. The Bertz CT molecular complexity index is 539. The third-order valence-electron chi connectivity index (χ3n) is 2.25. The van der Waals surface area contributed by atoms with Crippen molar-refractivity contribution in [2.45, 2.75) is 26.3 Å². The maximum atomic E-state index is 13.4. The number of halogens is 2. The normalized spacial score (nSPS) is 11.1. The Morgan fingerprint density at radius 2 is 1.80 bits per heavy atom. The molecule has 1 rings (SSSR count). The van der Waals surface area contributed by atoms with Gasteiger partial charge in [0.05, 0.1) is 17.8 Å². The number of rotatable bonds is 3. The van der Waals surface area contributed by atoms with Crippen LogP contribution in [-0.2, 0) is 4.79 Å². The minimum absolute atomic E-state index is 0.313. The molecule has 5 nitrogen and oxygen atoms in total. The van der Waals surface area contributed by atoms with E-state index in [4.69, 9.17) is 5.73 Å². The van der Waals surface area contributed by atoms with Crippen LogP contribution in [0.2, 0.25) is 0 Å². The Morgan fingerprint density at radius 3 is 2.35 bits per heavy atom. The van der Waals surface area contributed by atoms with Crippen LogP contribution < -0.4 is 16.4 Å². The number of benzene rings is 1. The van der Waals surface area contributed by atoms with Crippen LogP contribution in [0.5, 0.6) is 0 Å². The summed E-state index contributed by atoms with van der Waals surface area (Å²) in [5, 5.41) is 4.87. The van der Waals surface area contributed by atoms with Crippen molar-refractivity contribution in [3.63, 3.8) is 0 Å². The van der Waals surface area contributed by atoms with Crippen molar-refractivity contribution in [3.05, 3.63) is 29.3 Å². The molecule has 0 aliphatic rings. The molecular formula is C13H17F2N3O2. The number of carbonyl (C=O) groups is 2. The van der Waals surface area contributed by atoms with Gasteiger partial charge in [0.2, 0.25) is 5.91 Å². The van der Waals surface area contributed by atoms with E-state index in [0.29, 0.717) is 6.07 Å². The zero-order valence-corrected chi connectivity index (χ0v) is 11.5. The van der Waals surface area contributed by atoms with Gasteiger partial charge in [0.1, 0.15) is 11.6 Å². The maximum absolute atomic E-state index is 13.4. The predicted octanol–water partition coefficient (Wildman–Crippen LogP) is 1.19. The first kappa shape index (κ1) is 15.9. The van der Waals surface area contributed by atoms with E-state index >= 15 is 0 Å². The van der Waals surface area contributed by atoms with Crippen molar-refractivity contribution in [2.75, 3.05) is 12.3 Å². The van der Waals surface area contributed by atoms with Crippen molar-refractivity contribution >= 4 is 17.5 Å². The fraction of sp³-hybridized carbons (Fsp3) is 0.385. The molecule has 0 aromatic heterocycles. The zero-order valence-electron chi connectivity index (χ0n) is 11.5. The minimum Gasteiger partial charge on any atom is -0.396 e. The first-order chi connectivity index (χ1) is 9.10. The molecule has 0 radical (unpaired) electrons. The van der Waals surface area contributed by atoms with Crippen LogP contribution >= 0.6 is 0 Å². The van der Waals surface area contributed by atoms with Crippen molar-refractivity contribution in [1.29, 1.82) is 0 Å². The highest BCUT2D eigenvalue weighted by Gasteiger charge is 2.17. The summed E-state index contributed by atoms with van der Waals surface area (Å²) >= 11 is 0. The molecule has 0 bridgehead atoms. The molecular weight excluding hydrogens is 268 g/mol. The van der Waals surface area contributed by atoms with E-state index in [0.717, 1.165) is 6.07 Å². The molecule has 2 amide bonds. The van der Waals surface area contributed by atoms with Crippen LogP contribution in [0.3, 0.4) is 0 Å². The molecule has 0 saturated carbocycles. The number of hydrogen-bond acceptors (Lipinski definition) is 3. The van der Waals surface area contributed by atoms with Gasteiger partial charge < -0.3 is 16.4 Å². The topological polar surface area (TPSA) is 84.2 Å². The van der Waals surface area contributed by atoms with Crippen molar-refractivity contribution in [3.8, 4) is 0 Å². The number of anilines is 1. The van der Waals surface area contributed by atoms with E-state index in [1.54, 1.807) is 20.8 Å². The molecule has 0 atom stereocenters. The highest BCUT2D eigenvalue weighted by Crippen LogP contribution is 2.16. The number of nitrogens with two attached hydrogens (primary N) is 1. The van der Waals surface area contributed by atoms with Gasteiger partial charge in [-0.3, -0.25) is 9.59 Å². The van der Waals surface area contributed by atoms with Gasteiger partial charge in [0.25, 0.3) is 5.91 Å². The van der Waals surface area contributed by atoms with Gasteiger partial charge >= 0.3 is 0 Å².